The molecular weight excluding hydrogens is 226 g/mol. The van der Waals surface area contributed by atoms with Crippen LogP contribution in [-0.2, 0) is 4.43 Å². The van der Waals surface area contributed by atoms with Crippen molar-refractivity contribution in [2.45, 2.75) is 40.0 Å². The van der Waals surface area contributed by atoms with Gasteiger partial charge in [-0.05, 0) is 36.2 Å². The Labute approximate surface area is 106 Å². The van der Waals surface area contributed by atoms with E-state index in [0.717, 1.165) is 11.3 Å². The Morgan fingerprint density at radius 2 is 2.00 bits per heavy atom. The van der Waals surface area contributed by atoms with Crippen LogP contribution < -0.4 is 0 Å². The number of hydrogen-bond donors (Lipinski definition) is 0. The number of hydrogen-bond acceptors (Lipinski definition) is 2. The van der Waals surface area contributed by atoms with Crippen molar-refractivity contribution in [3.05, 3.63) is 36.2 Å². The predicted molar refractivity (Wildman–Crippen MR) is 75.1 cm³/mol. The fourth-order valence-corrected chi connectivity index (χ4v) is 2.63. The molecule has 1 aromatic heterocycles. The normalized spacial score (nSPS) is 13.8. The number of pyridine rings is 1. The SMILES string of the molecule is C=Cc1ccc(C(O[Si](C)C)C(C)(C)C)cn1. The first kappa shape index (κ1) is 14.1. The average molecular weight is 248 g/mol. The molecule has 1 aromatic rings. The lowest BCUT2D eigenvalue weighted by Gasteiger charge is -2.32. The molecule has 1 rings (SSSR count). The molecule has 93 valence electrons. The molecule has 1 heterocycles. The van der Waals surface area contributed by atoms with E-state index in [-0.39, 0.29) is 11.5 Å². The van der Waals surface area contributed by atoms with Crippen molar-refractivity contribution >= 4 is 15.1 Å². The predicted octanol–water partition coefficient (Wildman–Crippen LogP) is 4.08. The highest BCUT2D eigenvalue weighted by Crippen LogP contribution is 2.36. The second-order valence-corrected chi connectivity index (χ2v) is 7.54. The molecule has 0 fully saturated rings. The molecule has 0 bridgehead atoms. The van der Waals surface area contributed by atoms with Gasteiger partial charge in [-0.2, -0.15) is 0 Å². The molecule has 0 aromatic carbocycles. The Morgan fingerprint density at radius 3 is 2.35 bits per heavy atom. The van der Waals surface area contributed by atoms with Crippen molar-refractivity contribution in [3.63, 3.8) is 0 Å². The highest BCUT2D eigenvalue weighted by Gasteiger charge is 2.28. The van der Waals surface area contributed by atoms with E-state index >= 15 is 0 Å². The first-order valence-electron chi connectivity index (χ1n) is 5.90. The molecule has 2 nitrogen and oxygen atoms in total. The molecule has 0 N–H and O–H groups in total. The molecule has 1 atom stereocenters. The Morgan fingerprint density at radius 1 is 1.35 bits per heavy atom. The summed E-state index contributed by atoms with van der Waals surface area (Å²) in [6.07, 6.45) is 3.77. The summed E-state index contributed by atoms with van der Waals surface area (Å²) in [4.78, 5) is 4.35. The van der Waals surface area contributed by atoms with Gasteiger partial charge in [0.1, 0.15) is 0 Å². The van der Waals surface area contributed by atoms with E-state index in [4.69, 9.17) is 4.43 Å². The minimum atomic E-state index is -0.726. The summed E-state index contributed by atoms with van der Waals surface area (Å²) in [6, 6.07) is 4.08. The lowest BCUT2D eigenvalue weighted by Crippen LogP contribution is -2.26. The summed E-state index contributed by atoms with van der Waals surface area (Å²) in [5.74, 6) is 0. The lowest BCUT2D eigenvalue weighted by molar-refractivity contribution is 0.0863. The highest BCUT2D eigenvalue weighted by atomic mass is 28.3. The lowest BCUT2D eigenvalue weighted by atomic mass is 9.85. The second-order valence-electron chi connectivity index (χ2n) is 5.49. The molecule has 0 aliphatic rings. The Hall–Kier alpha value is -0.933. The topological polar surface area (TPSA) is 22.1 Å². The molecule has 0 aliphatic heterocycles. The van der Waals surface area contributed by atoms with Gasteiger partial charge in [0, 0.05) is 6.20 Å². The third-order valence-corrected chi connectivity index (χ3v) is 3.17. The summed E-state index contributed by atoms with van der Waals surface area (Å²) in [5.41, 5.74) is 2.13. The van der Waals surface area contributed by atoms with Crippen LogP contribution in [0, 0.1) is 5.41 Å². The third-order valence-electron chi connectivity index (χ3n) is 2.46. The summed E-state index contributed by atoms with van der Waals surface area (Å²) >= 11 is 0. The zero-order valence-corrected chi connectivity index (χ0v) is 12.4. The minimum absolute atomic E-state index is 0.0827. The van der Waals surface area contributed by atoms with Crippen LogP contribution in [-0.4, -0.2) is 14.0 Å². The smallest absolute Gasteiger partial charge is 0.205 e. The van der Waals surface area contributed by atoms with Crippen LogP contribution in [0.15, 0.2) is 24.9 Å². The highest BCUT2D eigenvalue weighted by molar-refractivity contribution is 6.48. The van der Waals surface area contributed by atoms with Crippen LogP contribution in [0.3, 0.4) is 0 Å². The summed E-state index contributed by atoms with van der Waals surface area (Å²) in [5, 5.41) is 0. The van der Waals surface area contributed by atoms with Crippen LogP contribution in [0.4, 0.5) is 0 Å². The maximum absolute atomic E-state index is 6.11. The van der Waals surface area contributed by atoms with Gasteiger partial charge < -0.3 is 4.43 Å². The van der Waals surface area contributed by atoms with Gasteiger partial charge in [0.2, 0.25) is 9.04 Å². The van der Waals surface area contributed by atoms with Crippen molar-refractivity contribution in [2.75, 3.05) is 0 Å². The third kappa shape index (κ3) is 4.09. The Balaban J connectivity index is 3.00. The molecule has 0 saturated heterocycles. The number of nitrogens with zero attached hydrogens (tertiary/aromatic N) is 1. The molecule has 1 unspecified atom stereocenters. The maximum atomic E-state index is 6.11. The van der Waals surface area contributed by atoms with Crippen LogP contribution in [0.1, 0.15) is 38.1 Å². The molecule has 3 heteroatoms. The summed E-state index contributed by atoms with van der Waals surface area (Å²) in [6.45, 7) is 14.6. The Bertz CT molecular complexity index is 365. The van der Waals surface area contributed by atoms with Gasteiger partial charge in [0.05, 0.1) is 11.8 Å². The fraction of sp³-hybridized carbons (Fsp3) is 0.500. The van der Waals surface area contributed by atoms with Crippen LogP contribution in [0.2, 0.25) is 13.1 Å². The molecule has 0 amide bonds. The standard InChI is InChI=1S/C14H22NOSi/c1-7-12-9-8-11(10-15-12)13(14(2,3)4)16-17(5)6/h7-10,13H,1H2,2-6H3. The first-order chi connectivity index (χ1) is 7.84. The van der Waals surface area contributed by atoms with Crippen molar-refractivity contribution in [3.8, 4) is 0 Å². The van der Waals surface area contributed by atoms with Crippen LogP contribution in [0.5, 0.6) is 0 Å². The van der Waals surface area contributed by atoms with Crippen molar-refractivity contribution in [2.24, 2.45) is 5.41 Å². The fourth-order valence-electron chi connectivity index (χ4n) is 1.67. The van der Waals surface area contributed by atoms with Crippen molar-refractivity contribution < 1.29 is 4.43 Å². The first-order valence-corrected chi connectivity index (χ1v) is 8.30. The van der Waals surface area contributed by atoms with Gasteiger partial charge in [0.25, 0.3) is 0 Å². The van der Waals surface area contributed by atoms with Crippen molar-refractivity contribution in [1.29, 1.82) is 0 Å². The molecule has 0 aliphatic carbocycles. The monoisotopic (exact) mass is 248 g/mol. The largest absolute Gasteiger partial charge is 0.410 e. The summed E-state index contributed by atoms with van der Waals surface area (Å²) < 4.78 is 6.11. The molecule has 17 heavy (non-hydrogen) atoms. The maximum Gasteiger partial charge on any atom is 0.205 e. The summed E-state index contributed by atoms with van der Waals surface area (Å²) in [7, 11) is -0.726. The Kier molecular flexibility index (Phi) is 4.66. The van der Waals surface area contributed by atoms with Crippen LogP contribution >= 0.6 is 0 Å². The van der Waals surface area contributed by atoms with E-state index in [9.17, 15) is 0 Å². The van der Waals surface area contributed by atoms with E-state index in [1.54, 1.807) is 6.08 Å². The van der Waals surface area contributed by atoms with Gasteiger partial charge >= 0.3 is 0 Å². The second kappa shape index (κ2) is 5.60. The van der Waals surface area contributed by atoms with Gasteiger partial charge in [-0.1, -0.05) is 33.4 Å². The van der Waals surface area contributed by atoms with E-state index < -0.39 is 9.04 Å². The molecule has 0 spiro atoms. The van der Waals surface area contributed by atoms with E-state index in [2.05, 4.69) is 51.5 Å². The van der Waals surface area contributed by atoms with E-state index in [1.165, 1.54) is 0 Å². The number of aromatic nitrogens is 1. The van der Waals surface area contributed by atoms with E-state index in [0.29, 0.717) is 0 Å². The van der Waals surface area contributed by atoms with Crippen molar-refractivity contribution in [1.82, 2.24) is 4.98 Å². The van der Waals surface area contributed by atoms with E-state index in [1.807, 2.05) is 12.3 Å². The van der Waals surface area contributed by atoms with Gasteiger partial charge in [-0.3, -0.25) is 4.98 Å². The minimum Gasteiger partial charge on any atom is -0.410 e. The zero-order valence-electron chi connectivity index (χ0n) is 11.4. The number of rotatable bonds is 4. The quantitative estimate of drug-likeness (QED) is 0.749. The van der Waals surface area contributed by atoms with Crippen LogP contribution in [0.25, 0.3) is 6.08 Å². The molecule has 0 saturated carbocycles. The molecular formula is C14H22NOSi. The average Bonchev–Trinajstić information content (AvgIpc) is 2.24. The zero-order chi connectivity index (χ0) is 13.1. The van der Waals surface area contributed by atoms with Gasteiger partial charge in [0.15, 0.2) is 0 Å². The van der Waals surface area contributed by atoms with Gasteiger partial charge in [-0.15, -0.1) is 0 Å². The van der Waals surface area contributed by atoms with Gasteiger partial charge in [-0.25, -0.2) is 0 Å². The molecule has 1 radical (unpaired) electrons.